The van der Waals surface area contributed by atoms with Gasteiger partial charge >= 0.3 is 0 Å². The van der Waals surface area contributed by atoms with Crippen LogP contribution in [0.25, 0.3) is 10.4 Å². The lowest BCUT2D eigenvalue weighted by molar-refractivity contribution is -0.130. The van der Waals surface area contributed by atoms with Crippen LogP contribution in [-0.4, -0.2) is 66.4 Å². The molecule has 1 atom stereocenters. The molecule has 0 radical (unpaired) electrons. The molecule has 0 saturated carbocycles. The minimum absolute atomic E-state index is 0.0719. The van der Waals surface area contributed by atoms with Gasteiger partial charge in [0.05, 0.1) is 13.2 Å². The van der Waals surface area contributed by atoms with E-state index < -0.39 is 30.7 Å². The van der Waals surface area contributed by atoms with Crippen LogP contribution in [-0.2, 0) is 27.3 Å². The van der Waals surface area contributed by atoms with Gasteiger partial charge in [0.25, 0.3) is 0 Å². The molecule has 0 aliphatic heterocycles. The average Bonchev–Trinajstić information content (AvgIpc) is 2.70. The fourth-order valence-electron chi connectivity index (χ4n) is 2.63. The van der Waals surface area contributed by atoms with Crippen molar-refractivity contribution in [2.75, 3.05) is 39.5 Å². The Bertz CT molecular complexity index is 691. The Morgan fingerprint density at radius 3 is 2.68 bits per heavy atom. The van der Waals surface area contributed by atoms with E-state index in [9.17, 15) is 14.7 Å². The van der Waals surface area contributed by atoms with Crippen LogP contribution in [0.1, 0.15) is 17.5 Å². The Kier molecular flexibility index (Phi) is 11.5. The average molecular weight is 394 g/mol. The van der Waals surface area contributed by atoms with Crippen LogP contribution >= 0.6 is 0 Å². The molecule has 0 amide bonds. The number of hydrogen-bond acceptors (Lipinski definition) is 8. The van der Waals surface area contributed by atoms with Crippen LogP contribution < -0.4 is 5.32 Å². The summed E-state index contributed by atoms with van der Waals surface area (Å²) in [5.74, 6) is -1.61. The third-order valence-electron chi connectivity index (χ3n) is 4.06. The van der Waals surface area contributed by atoms with Gasteiger partial charge in [-0.3, -0.25) is 9.59 Å². The number of rotatable bonds is 15. The Morgan fingerprint density at radius 2 is 2.00 bits per heavy atom. The van der Waals surface area contributed by atoms with Gasteiger partial charge in [0.1, 0.15) is 19.0 Å². The number of aromatic hydroxyl groups is 1. The summed E-state index contributed by atoms with van der Waals surface area (Å²) in [6.07, 6.45) is 0.0632. The van der Waals surface area contributed by atoms with E-state index in [0.717, 1.165) is 11.1 Å². The third kappa shape index (κ3) is 8.94. The number of phenols is 1. The second-order valence-corrected chi connectivity index (χ2v) is 6.12. The van der Waals surface area contributed by atoms with Crippen LogP contribution in [0.3, 0.4) is 0 Å². The van der Waals surface area contributed by atoms with Gasteiger partial charge in [0.15, 0.2) is 11.6 Å². The maximum Gasteiger partial charge on any atom is 0.162 e. The second-order valence-electron chi connectivity index (χ2n) is 6.12. The van der Waals surface area contributed by atoms with E-state index in [1.807, 2.05) is 0 Å². The number of aliphatic hydroxyl groups is 2. The molecule has 0 aliphatic carbocycles. The molecule has 0 unspecified atom stereocenters. The zero-order valence-electron chi connectivity index (χ0n) is 15.6. The van der Waals surface area contributed by atoms with Gasteiger partial charge in [-0.25, -0.2) is 0 Å². The Morgan fingerprint density at radius 1 is 1.21 bits per heavy atom. The molecule has 0 bridgehead atoms. The molecule has 1 aromatic rings. The topological polar surface area (TPSA) is 165 Å². The molecule has 1 aromatic carbocycles. The van der Waals surface area contributed by atoms with Crippen molar-refractivity contribution in [1.29, 1.82) is 0 Å². The summed E-state index contributed by atoms with van der Waals surface area (Å²) < 4.78 is 5.28. The number of nitrogens with zero attached hydrogens (tertiary/aromatic N) is 3. The van der Waals surface area contributed by atoms with Crippen LogP contribution in [0.5, 0.6) is 5.75 Å². The van der Waals surface area contributed by atoms with Gasteiger partial charge in [-0.15, -0.1) is 0 Å². The van der Waals surface area contributed by atoms with Crippen LogP contribution in [0.2, 0.25) is 0 Å². The minimum atomic E-state index is -0.739. The van der Waals surface area contributed by atoms with E-state index >= 15 is 0 Å². The van der Waals surface area contributed by atoms with E-state index in [1.54, 1.807) is 12.1 Å². The predicted octanol–water partition coefficient (Wildman–Crippen LogP) is 0.480. The highest BCUT2D eigenvalue weighted by Gasteiger charge is 2.22. The van der Waals surface area contributed by atoms with Crippen molar-refractivity contribution in [2.45, 2.75) is 19.4 Å². The van der Waals surface area contributed by atoms with Gasteiger partial charge in [-0.1, -0.05) is 11.2 Å². The van der Waals surface area contributed by atoms with E-state index in [4.69, 9.17) is 20.5 Å². The number of hydrogen-bond donors (Lipinski definition) is 4. The molecule has 0 aliphatic rings. The molecular weight excluding hydrogens is 368 g/mol. The largest absolute Gasteiger partial charge is 0.508 e. The quantitative estimate of drug-likeness (QED) is 0.145. The first-order chi connectivity index (χ1) is 13.5. The molecule has 0 spiro atoms. The standard InChI is InChI=1S/C18H26N4O6/c19-22-21-4-6-28-5-3-20-10-15-9-16(25)2-1-13(15)7-14(18(27)12-24)8-17(26)11-23/h1-2,9,14,20,23-25H,3-8,10-12H2/t14-/m0/s1. The number of azide groups is 1. The number of aliphatic hydroxyl groups excluding tert-OH is 2. The number of carbonyl (C=O) groups is 2. The van der Waals surface area contributed by atoms with Crippen molar-refractivity contribution in [2.24, 2.45) is 11.0 Å². The molecule has 1 rings (SSSR count). The van der Waals surface area contributed by atoms with Crippen molar-refractivity contribution in [3.05, 3.63) is 39.8 Å². The Balaban J connectivity index is 2.67. The van der Waals surface area contributed by atoms with E-state index in [0.29, 0.717) is 26.3 Å². The fraction of sp³-hybridized carbons (Fsp3) is 0.556. The van der Waals surface area contributed by atoms with Crippen molar-refractivity contribution in [3.63, 3.8) is 0 Å². The minimum Gasteiger partial charge on any atom is -0.508 e. The summed E-state index contributed by atoms with van der Waals surface area (Å²) in [6, 6.07) is 4.73. The van der Waals surface area contributed by atoms with Crippen molar-refractivity contribution >= 4 is 11.6 Å². The lowest BCUT2D eigenvalue weighted by Gasteiger charge is -2.17. The molecule has 28 heavy (non-hydrogen) atoms. The highest BCUT2D eigenvalue weighted by atomic mass is 16.5. The molecular formula is C18H26N4O6. The van der Waals surface area contributed by atoms with E-state index in [-0.39, 0.29) is 25.1 Å². The summed E-state index contributed by atoms with van der Waals surface area (Å²) in [5, 5.41) is 34.3. The third-order valence-corrected chi connectivity index (χ3v) is 4.06. The van der Waals surface area contributed by atoms with Gasteiger partial charge in [-0.2, -0.15) is 0 Å². The molecule has 0 fully saturated rings. The van der Waals surface area contributed by atoms with E-state index in [1.165, 1.54) is 6.07 Å². The molecule has 154 valence electrons. The molecule has 0 heterocycles. The molecule has 4 N–H and O–H groups in total. The number of carbonyl (C=O) groups excluding carboxylic acids is 2. The number of phenolic OH excluding ortho intramolecular Hbond substituents is 1. The SMILES string of the molecule is [N-]=[N+]=NCCOCCNCc1cc(O)ccc1C[C@@H](CC(=O)CO)C(=O)CO. The van der Waals surface area contributed by atoms with Gasteiger partial charge in [0.2, 0.25) is 0 Å². The normalized spacial score (nSPS) is 11.6. The number of benzene rings is 1. The first kappa shape index (κ1) is 23.5. The van der Waals surface area contributed by atoms with Gasteiger partial charge in [-0.05, 0) is 35.2 Å². The smallest absolute Gasteiger partial charge is 0.162 e. The van der Waals surface area contributed by atoms with Crippen molar-refractivity contribution in [1.82, 2.24) is 5.32 Å². The lowest BCUT2D eigenvalue weighted by atomic mass is 9.88. The zero-order valence-corrected chi connectivity index (χ0v) is 15.6. The van der Waals surface area contributed by atoms with Crippen LogP contribution in [0.15, 0.2) is 23.3 Å². The first-order valence-corrected chi connectivity index (χ1v) is 8.88. The van der Waals surface area contributed by atoms with Crippen LogP contribution in [0, 0.1) is 5.92 Å². The highest BCUT2D eigenvalue weighted by molar-refractivity contribution is 5.89. The second kappa shape index (κ2) is 13.6. The molecule has 10 heteroatoms. The fourth-order valence-corrected chi connectivity index (χ4v) is 2.63. The lowest BCUT2D eigenvalue weighted by Crippen LogP contribution is -2.26. The monoisotopic (exact) mass is 394 g/mol. The Hall–Kier alpha value is -2.49. The van der Waals surface area contributed by atoms with Gasteiger partial charge < -0.3 is 25.4 Å². The molecule has 0 aromatic heterocycles. The molecule has 10 nitrogen and oxygen atoms in total. The first-order valence-electron chi connectivity index (χ1n) is 8.88. The number of ether oxygens (including phenoxy) is 1. The summed E-state index contributed by atoms with van der Waals surface area (Å²) in [6.45, 7) is 0.588. The summed E-state index contributed by atoms with van der Waals surface area (Å²) in [5.41, 5.74) is 9.67. The number of Topliss-reactive ketones (excluding diaryl/α,β-unsaturated/α-hetero) is 2. The maximum absolute atomic E-state index is 12.0. The van der Waals surface area contributed by atoms with Crippen molar-refractivity contribution in [3.8, 4) is 5.75 Å². The zero-order chi connectivity index (χ0) is 20.8. The van der Waals surface area contributed by atoms with E-state index in [2.05, 4.69) is 15.3 Å². The number of ketones is 2. The predicted molar refractivity (Wildman–Crippen MR) is 101 cm³/mol. The Labute approximate surface area is 162 Å². The maximum atomic E-state index is 12.0. The van der Waals surface area contributed by atoms with Crippen LogP contribution in [0.4, 0.5) is 0 Å². The summed E-state index contributed by atoms with van der Waals surface area (Å²) >= 11 is 0. The van der Waals surface area contributed by atoms with Crippen molar-refractivity contribution < 1.29 is 29.6 Å². The van der Waals surface area contributed by atoms with Gasteiger partial charge in [0, 0.05) is 36.9 Å². The number of nitrogens with one attached hydrogen (secondary N) is 1. The molecule has 0 saturated heterocycles. The summed E-state index contributed by atoms with van der Waals surface area (Å²) in [7, 11) is 0. The highest BCUT2D eigenvalue weighted by Crippen LogP contribution is 2.22. The summed E-state index contributed by atoms with van der Waals surface area (Å²) in [4.78, 5) is 26.1.